The minimum absolute atomic E-state index is 0.107. The number of allylic oxidation sites excluding steroid dienone is 2. The predicted molar refractivity (Wildman–Crippen MR) is 78.9 cm³/mol. The van der Waals surface area contributed by atoms with Gasteiger partial charge in [-0.3, -0.25) is 0 Å². The molecule has 1 nitrogen and oxygen atoms in total. The Hall–Kier alpha value is -0.130. The molecule has 1 heterocycles. The Morgan fingerprint density at radius 3 is 2.35 bits per heavy atom. The lowest BCUT2D eigenvalue weighted by Gasteiger charge is -2.33. The minimum atomic E-state index is 0.107. The zero-order valence-electron chi connectivity index (χ0n) is 11.9. The first-order valence-corrected chi connectivity index (χ1v) is 8.33. The Morgan fingerprint density at radius 1 is 1.24 bits per heavy atom. The van der Waals surface area contributed by atoms with Gasteiger partial charge < -0.3 is 4.90 Å². The summed E-state index contributed by atoms with van der Waals surface area (Å²) in [5, 5.41) is 1.76. The highest BCUT2D eigenvalue weighted by molar-refractivity contribution is 7.63. The third-order valence-corrected chi connectivity index (χ3v) is 7.97. The summed E-state index contributed by atoms with van der Waals surface area (Å²) in [6.07, 6.45) is 10.0. The molecule has 0 saturated carbocycles. The van der Waals surface area contributed by atoms with Crippen molar-refractivity contribution >= 4 is 7.92 Å². The molecule has 1 unspecified atom stereocenters. The van der Waals surface area contributed by atoms with Gasteiger partial charge in [0.05, 0.1) is 0 Å². The second-order valence-electron chi connectivity index (χ2n) is 5.89. The fourth-order valence-corrected chi connectivity index (χ4v) is 6.82. The zero-order chi connectivity index (χ0) is 12.6. The fourth-order valence-electron chi connectivity index (χ4n) is 3.17. The van der Waals surface area contributed by atoms with Crippen LogP contribution < -0.4 is 0 Å². The van der Waals surface area contributed by atoms with Crippen LogP contribution in [-0.4, -0.2) is 36.4 Å². The van der Waals surface area contributed by atoms with Crippen LogP contribution in [0, 0.1) is 5.92 Å². The molecule has 96 valence electrons. The van der Waals surface area contributed by atoms with E-state index < -0.39 is 0 Å². The summed E-state index contributed by atoms with van der Waals surface area (Å²) in [7, 11) is 4.50. The summed E-state index contributed by atoms with van der Waals surface area (Å²) >= 11 is 0. The number of hydrogen-bond donors (Lipinski definition) is 0. The van der Waals surface area contributed by atoms with Crippen LogP contribution >= 0.6 is 7.92 Å². The van der Waals surface area contributed by atoms with Crippen molar-refractivity contribution < 1.29 is 0 Å². The van der Waals surface area contributed by atoms with Crippen LogP contribution in [0.25, 0.3) is 0 Å². The quantitative estimate of drug-likeness (QED) is 0.684. The molecule has 0 aromatic rings. The second-order valence-corrected chi connectivity index (χ2v) is 8.98. The lowest BCUT2D eigenvalue weighted by Crippen LogP contribution is -2.32. The first kappa shape index (κ1) is 13.3. The summed E-state index contributed by atoms with van der Waals surface area (Å²) in [5.41, 5.74) is 1.87. The summed E-state index contributed by atoms with van der Waals surface area (Å²) in [6.45, 7) is 7.28. The van der Waals surface area contributed by atoms with Crippen molar-refractivity contribution in [2.45, 2.75) is 51.0 Å². The van der Waals surface area contributed by atoms with Crippen LogP contribution in [0.3, 0.4) is 0 Å². The van der Waals surface area contributed by atoms with Crippen LogP contribution in [0.2, 0.25) is 0 Å². The van der Waals surface area contributed by atoms with E-state index in [-0.39, 0.29) is 7.92 Å². The molecule has 2 rings (SSSR count). The normalized spacial score (nSPS) is 35.6. The van der Waals surface area contributed by atoms with Crippen molar-refractivity contribution in [3.8, 4) is 0 Å². The van der Waals surface area contributed by atoms with Gasteiger partial charge in [-0.05, 0) is 50.5 Å². The van der Waals surface area contributed by atoms with Gasteiger partial charge in [-0.2, -0.15) is 0 Å². The highest BCUT2D eigenvalue weighted by atomic mass is 31.1. The number of rotatable bonds is 3. The highest BCUT2D eigenvalue weighted by Crippen LogP contribution is 2.64. The first-order chi connectivity index (χ1) is 8.02. The Bertz CT molecular complexity index is 322. The summed E-state index contributed by atoms with van der Waals surface area (Å²) in [6, 6.07) is 0.627. The van der Waals surface area contributed by atoms with Gasteiger partial charge in [-0.25, -0.2) is 0 Å². The van der Waals surface area contributed by atoms with Crippen LogP contribution in [0.5, 0.6) is 0 Å². The maximum absolute atomic E-state index is 2.46. The summed E-state index contributed by atoms with van der Waals surface area (Å²) in [5.74, 6) is 0.666. The molecular weight excluding hydrogens is 225 g/mol. The van der Waals surface area contributed by atoms with Crippen molar-refractivity contribution in [1.29, 1.82) is 0 Å². The second kappa shape index (κ2) is 5.24. The molecule has 0 spiro atoms. The average Bonchev–Trinajstić information content (AvgIpc) is 2.84. The van der Waals surface area contributed by atoms with E-state index in [0.717, 1.165) is 11.3 Å². The van der Waals surface area contributed by atoms with E-state index >= 15 is 0 Å². The maximum atomic E-state index is 2.46. The van der Waals surface area contributed by atoms with Crippen molar-refractivity contribution in [2.75, 3.05) is 14.1 Å². The van der Waals surface area contributed by atoms with Crippen molar-refractivity contribution in [3.63, 3.8) is 0 Å². The minimum Gasteiger partial charge on any atom is -0.306 e. The maximum Gasteiger partial charge on any atom is 0.0179 e. The van der Waals surface area contributed by atoms with Gasteiger partial charge in [-0.1, -0.05) is 40.0 Å². The molecule has 0 bridgehead atoms. The van der Waals surface area contributed by atoms with Crippen LogP contribution in [0.4, 0.5) is 0 Å². The van der Waals surface area contributed by atoms with E-state index in [9.17, 15) is 0 Å². The fraction of sp³-hybridized carbons (Fsp3) is 0.733. The Labute approximate surface area is 108 Å². The third-order valence-electron chi connectivity index (χ3n) is 4.51. The monoisotopic (exact) mass is 251 g/mol. The lowest BCUT2D eigenvalue weighted by atomic mass is 10.0. The lowest BCUT2D eigenvalue weighted by molar-refractivity contribution is 0.280. The van der Waals surface area contributed by atoms with Crippen LogP contribution in [0.15, 0.2) is 23.5 Å². The predicted octanol–water partition coefficient (Wildman–Crippen LogP) is 4.06. The SMILES string of the molecule is C[C@H](C1C=CC=C1P1[C@H](C)CC[C@H]1C)N(C)C. The molecule has 0 aromatic carbocycles. The van der Waals surface area contributed by atoms with Crippen LogP contribution in [0.1, 0.15) is 33.6 Å². The van der Waals surface area contributed by atoms with Gasteiger partial charge in [0.25, 0.3) is 0 Å². The van der Waals surface area contributed by atoms with E-state index in [1.807, 2.05) is 0 Å². The van der Waals surface area contributed by atoms with E-state index in [1.54, 1.807) is 5.31 Å². The highest BCUT2D eigenvalue weighted by Gasteiger charge is 2.37. The summed E-state index contributed by atoms with van der Waals surface area (Å²) in [4.78, 5) is 2.36. The number of nitrogens with zero attached hydrogens (tertiary/aromatic N) is 1. The molecule has 17 heavy (non-hydrogen) atoms. The smallest absolute Gasteiger partial charge is 0.0179 e. The molecule has 1 fully saturated rings. The van der Waals surface area contributed by atoms with Gasteiger partial charge in [0.1, 0.15) is 0 Å². The molecule has 1 aliphatic carbocycles. The van der Waals surface area contributed by atoms with Crippen molar-refractivity contribution in [2.24, 2.45) is 5.92 Å². The van der Waals surface area contributed by atoms with E-state index in [2.05, 4.69) is 58.0 Å². The van der Waals surface area contributed by atoms with E-state index in [4.69, 9.17) is 0 Å². The van der Waals surface area contributed by atoms with Crippen molar-refractivity contribution in [1.82, 2.24) is 4.90 Å². The molecule has 0 N–H and O–H groups in total. The Kier molecular flexibility index (Phi) is 4.10. The molecule has 0 aromatic heterocycles. The molecule has 1 aliphatic heterocycles. The number of hydrogen-bond acceptors (Lipinski definition) is 1. The Morgan fingerprint density at radius 2 is 1.82 bits per heavy atom. The zero-order valence-corrected chi connectivity index (χ0v) is 12.7. The van der Waals surface area contributed by atoms with Crippen molar-refractivity contribution in [3.05, 3.63) is 23.5 Å². The molecule has 0 radical (unpaired) electrons. The van der Waals surface area contributed by atoms with Crippen LogP contribution in [-0.2, 0) is 0 Å². The average molecular weight is 251 g/mol. The van der Waals surface area contributed by atoms with E-state index in [0.29, 0.717) is 12.0 Å². The standard InChI is InChI=1S/C15H26NP/c1-11-9-10-12(2)17(11)15-8-6-7-14(15)13(3)16(4)5/h6-8,11-14H,9-10H2,1-5H3/t11-,12-,13-,14?/m1/s1. The molecule has 2 heteroatoms. The van der Waals surface area contributed by atoms with Gasteiger partial charge in [0, 0.05) is 12.0 Å². The molecule has 2 aliphatic rings. The largest absolute Gasteiger partial charge is 0.306 e. The molecule has 0 amide bonds. The molecule has 1 saturated heterocycles. The Balaban J connectivity index is 2.16. The van der Waals surface area contributed by atoms with E-state index in [1.165, 1.54) is 12.8 Å². The third kappa shape index (κ3) is 2.51. The van der Waals surface area contributed by atoms with Gasteiger partial charge in [-0.15, -0.1) is 0 Å². The summed E-state index contributed by atoms with van der Waals surface area (Å²) < 4.78 is 0. The van der Waals surface area contributed by atoms with Gasteiger partial charge in [0.15, 0.2) is 0 Å². The molecule has 4 atom stereocenters. The van der Waals surface area contributed by atoms with Gasteiger partial charge in [0.2, 0.25) is 0 Å². The van der Waals surface area contributed by atoms with Gasteiger partial charge >= 0.3 is 0 Å². The topological polar surface area (TPSA) is 3.24 Å². The molecular formula is C15H26NP. The first-order valence-electron chi connectivity index (χ1n) is 6.85.